The molecule has 2 aromatic heterocycles. The van der Waals surface area contributed by atoms with Gasteiger partial charge < -0.3 is 10.6 Å². The first-order valence-corrected chi connectivity index (χ1v) is 9.72. The van der Waals surface area contributed by atoms with E-state index in [-0.39, 0.29) is 30.5 Å². The van der Waals surface area contributed by atoms with Gasteiger partial charge in [-0.05, 0) is 6.42 Å². The molecular weight excluding hydrogens is 506 g/mol. The van der Waals surface area contributed by atoms with E-state index in [2.05, 4.69) is 25.6 Å². The van der Waals surface area contributed by atoms with E-state index in [1.54, 1.807) is 36.3 Å². The van der Waals surface area contributed by atoms with Gasteiger partial charge in [-0.2, -0.15) is 13.2 Å². The van der Waals surface area contributed by atoms with Crippen LogP contribution in [-0.4, -0.2) is 35.3 Å². The molecule has 2 N–H and O–H groups in total. The van der Waals surface area contributed by atoms with E-state index in [0.29, 0.717) is 17.5 Å². The SMILES string of the molecule is CN=C(NCCCSc1nccs1)NCc1nc(C(F)(F)F)cs1.I. The number of thiazole rings is 2. The Morgan fingerprint density at radius 3 is 2.72 bits per heavy atom. The van der Waals surface area contributed by atoms with Gasteiger partial charge in [-0.25, -0.2) is 9.97 Å². The normalized spacial score (nSPS) is 11.9. The number of rotatable bonds is 7. The number of guanidine groups is 1. The molecule has 12 heteroatoms. The molecule has 0 bridgehead atoms. The maximum Gasteiger partial charge on any atom is 0.434 e. The summed E-state index contributed by atoms with van der Waals surface area (Å²) in [5.41, 5.74) is -0.855. The topological polar surface area (TPSA) is 62.2 Å². The lowest BCUT2D eigenvalue weighted by molar-refractivity contribution is -0.140. The van der Waals surface area contributed by atoms with Crippen LogP contribution in [0.25, 0.3) is 0 Å². The number of nitrogens with zero attached hydrogens (tertiary/aromatic N) is 3. The number of aliphatic imine (C=N–C) groups is 1. The van der Waals surface area contributed by atoms with E-state index in [1.165, 1.54) is 0 Å². The Morgan fingerprint density at radius 2 is 2.12 bits per heavy atom. The van der Waals surface area contributed by atoms with E-state index in [9.17, 15) is 13.2 Å². The van der Waals surface area contributed by atoms with Crippen molar-refractivity contribution >= 4 is 64.4 Å². The van der Waals surface area contributed by atoms with E-state index in [4.69, 9.17) is 0 Å². The van der Waals surface area contributed by atoms with Crippen molar-refractivity contribution in [3.05, 3.63) is 27.7 Å². The van der Waals surface area contributed by atoms with Gasteiger partial charge in [-0.1, -0.05) is 11.8 Å². The van der Waals surface area contributed by atoms with Crippen LogP contribution in [0.1, 0.15) is 17.1 Å². The minimum absolute atomic E-state index is 0. The molecule has 0 aliphatic heterocycles. The highest BCUT2D eigenvalue weighted by molar-refractivity contribution is 14.0. The maximum absolute atomic E-state index is 12.5. The molecule has 2 heterocycles. The number of hydrogen-bond acceptors (Lipinski definition) is 6. The molecule has 0 radical (unpaired) electrons. The van der Waals surface area contributed by atoms with Crippen LogP contribution < -0.4 is 10.6 Å². The van der Waals surface area contributed by atoms with E-state index >= 15 is 0 Å². The Hall–Kier alpha value is -0.600. The van der Waals surface area contributed by atoms with Gasteiger partial charge in [0.1, 0.15) is 9.35 Å². The Labute approximate surface area is 173 Å². The lowest BCUT2D eigenvalue weighted by Crippen LogP contribution is -2.37. The first-order chi connectivity index (χ1) is 11.5. The van der Waals surface area contributed by atoms with E-state index in [0.717, 1.165) is 33.2 Å². The average Bonchev–Trinajstić information content (AvgIpc) is 3.20. The minimum atomic E-state index is -4.40. The van der Waals surface area contributed by atoms with Crippen molar-refractivity contribution in [3.8, 4) is 0 Å². The summed E-state index contributed by atoms with van der Waals surface area (Å²) >= 11 is 4.28. The molecule has 25 heavy (non-hydrogen) atoms. The van der Waals surface area contributed by atoms with Gasteiger partial charge in [-0.15, -0.1) is 46.7 Å². The van der Waals surface area contributed by atoms with Gasteiger partial charge in [0.15, 0.2) is 11.7 Å². The fraction of sp³-hybridized carbons (Fsp3) is 0.462. The molecule has 0 unspecified atom stereocenters. The molecule has 0 aliphatic carbocycles. The number of aromatic nitrogens is 2. The quantitative estimate of drug-likeness (QED) is 0.188. The summed E-state index contributed by atoms with van der Waals surface area (Å²) in [5.74, 6) is 1.47. The van der Waals surface area contributed by atoms with Crippen molar-refractivity contribution in [2.45, 2.75) is 23.5 Å². The molecule has 2 aromatic rings. The summed E-state index contributed by atoms with van der Waals surface area (Å²) in [7, 11) is 1.61. The molecule has 0 aromatic carbocycles. The molecule has 0 fully saturated rings. The zero-order valence-electron chi connectivity index (χ0n) is 13.2. The Morgan fingerprint density at radius 1 is 1.32 bits per heavy atom. The third-order valence-corrected chi connectivity index (χ3v) is 5.62. The molecule has 2 rings (SSSR count). The second-order valence-electron chi connectivity index (χ2n) is 4.48. The van der Waals surface area contributed by atoms with Crippen LogP contribution in [0.2, 0.25) is 0 Å². The number of thioether (sulfide) groups is 1. The predicted molar refractivity (Wildman–Crippen MR) is 108 cm³/mol. The molecule has 0 amide bonds. The molecule has 140 valence electrons. The van der Waals surface area contributed by atoms with Gasteiger partial charge in [-0.3, -0.25) is 4.99 Å². The summed E-state index contributed by atoms with van der Waals surface area (Å²) in [4.78, 5) is 11.8. The summed E-state index contributed by atoms with van der Waals surface area (Å²) in [6.45, 7) is 0.915. The number of nitrogens with one attached hydrogen (secondary N) is 2. The largest absolute Gasteiger partial charge is 0.434 e. The first-order valence-electron chi connectivity index (χ1n) is 6.97. The average molecular weight is 523 g/mol. The van der Waals surface area contributed by atoms with Crippen molar-refractivity contribution in [2.24, 2.45) is 4.99 Å². The van der Waals surface area contributed by atoms with Crippen molar-refractivity contribution in [1.82, 2.24) is 20.6 Å². The van der Waals surface area contributed by atoms with E-state index < -0.39 is 11.9 Å². The molecule has 0 atom stereocenters. The van der Waals surface area contributed by atoms with E-state index in [1.807, 2.05) is 5.38 Å². The number of alkyl halides is 3. The lowest BCUT2D eigenvalue weighted by Gasteiger charge is -2.10. The fourth-order valence-electron chi connectivity index (χ4n) is 1.62. The molecule has 0 spiro atoms. The highest BCUT2D eigenvalue weighted by Gasteiger charge is 2.33. The smallest absolute Gasteiger partial charge is 0.356 e. The Bertz CT molecular complexity index is 646. The second kappa shape index (κ2) is 11.2. The molecule has 0 saturated carbocycles. The monoisotopic (exact) mass is 523 g/mol. The highest BCUT2D eigenvalue weighted by Crippen LogP contribution is 2.29. The van der Waals surface area contributed by atoms with Gasteiger partial charge in [0.25, 0.3) is 0 Å². The van der Waals surface area contributed by atoms with Crippen LogP contribution in [0.15, 0.2) is 26.3 Å². The van der Waals surface area contributed by atoms with Crippen LogP contribution in [0, 0.1) is 0 Å². The van der Waals surface area contributed by atoms with Gasteiger partial charge in [0.2, 0.25) is 0 Å². The highest BCUT2D eigenvalue weighted by atomic mass is 127. The third kappa shape index (κ3) is 8.09. The summed E-state index contributed by atoms with van der Waals surface area (Å²) in [6.07, 6.45) is -1.70. The Kier molecular flexibility index (Phi) is 10.0. The zero-order valence-corrected chi connectivity index (χ0v) is 17.9. The maximum atomic E-state index is 12.5. The molecule has 0 aliphatic rings. The first kappa shape index (κ1) is 22.4. The van der Waals surface area contributed by atoms with Crippen molar-refractivity contribution in [1.29, 1.82) is 0 Å². The van der Waals surface area contributed by atoms with Crippen molar-refractivity contribution in [2.75, 3.05) is 19.3 Å². The summed E-state index contributed by atoms with van der Waals surface area (Å²) < 4.78 is 38.5. The standard InChI is InChI=1S/C13H16F3N5S3.HI/c1-17-11(18-3-2-5-22-12-19-4-6-23-12)20-7-10-21-9(8-24-10)13(14,15)16;/h4,6,8H,2-3,5,7H2,1H3,(H2,17,18,20);1H. The van der Waals surface area contributed by atoms with Crippen LogP contribution in [-0.2, 0) is 12.7 Å². The number of halogens is 4. The third-order valence-electron chi connectivity index (χ3n) is 2.72. The minimum Gasteiger partial charge on any atom is -0.356 e. The van der Waals surface area contributed by atoms with Gasteiger partial charge in [0.05, 0.1) is 6.54 Å². The van der Waals surface area contributed by atoms with Crippen LogP contribution >= 0.6 is 58.4 Å². The van der Waals surface area contributed by atoms with Crippen LogP contribution in [0.3, 0.4) is 0 Å². The second-order valence-corrected chi connectivity index (χ2v) is 7.66. The van der Waals surface area contributed by atoms with Crippen molar-refractivity contribution < 1.29 is 13.2 Å². The van der Waals surface area contributed by atoms with Gasteiger partial charge in [0, 0.05) is 36.3 Å². The zero-order chi connectivity index (χ0) is 17.4. The summed E-state index contributed by atoms with van der Waals surface area (Å²) in [6, 6.07) is 0. The summed E-state index contributed by atoms with van der Waals surface area (Å²) in [5, 5.41) is 9.40. The van der Waals surface area contributed by atoms with Crippen LogP contribution in [0.5, 0.6) is 0 Å². The van der Waals surface area contributed by atoms with Gasteiger partial charge >= 0.3 is 6.18 Å². The van der Waals surface area contributed by atoms with Crippen LogP contribution in [0.4, 0.5) is 13.2 Å². The lowest BCUT2D eigenvalue weighted by atomic mass is 10.5. The fourth-order valence-corrected chi connectivity index (χ4v) is 4.01. The Balaban J connectivity index is 0.00000312. The number of hydrogen-bond donors (Lipinski definition) is 2. The molecule has 5 nitrogen and oxygen atoms in total. The van der Waals surface area contributed by atoms with Crippen molar-refractivity contribution in [3.63, 3.8) is 0 Å². The predicted octanol–water partition coefficient (Wildman–Crippen LogP) is 4.08. The molecule has 0 saturated heterocycles. The molecular formula is C13H17F3IN5S3.